The molecule has 0 spiro atoms. The van der Waals surface area contributed by atoms with Gasteiger partial charge in [0.05, 0.1) is 10.6 Å². The van der Waals surface area contributed by atoms with E-state index in [-0.39, 0.29) is 0 Å². The average molecular weight is 307 g/mol. The van der Waals surface area contributed by atoms with Crippen LogP contribution in [-0.2, 0) is 5.75 Å². The van der Waals surface area contributed by atoms with Gasteiger partial charge in [-0.05, 0) is 25.3 Å². The standard InChI is InChI=1S/C12H13N5OS2/c1-7-9(8(2)18-16-7)6-20-12-15-14-11(17(12)13)10-4-3-5-19-10/h3-5H,6,13H2,1-2H3. The third kappa shape index (κ3) is 2.32. The van der Waals surface area contributed by atoms with E-state index >= 15 is 0 Å². The molecule has 6 nitrogen and oxygen atoms in total. The predicted octanol–water partition coefficient (Wildman–Crippen LogP) is 2.62. The smallest absolute Gasteiger partial charge is 0.210 e. The van der Waals surface area contributed by atoms with Crippen LogP contribution in [-0.4, -0.2) is 20.0 Å². The van der Waals surface area contributed by atoms with Crippen molar-refractivity contribution in [2.24, 2.45) is 0 Å². The van der Waals surface area contributed by atoms with Gasteiger partial charge in [-0.15, -0.1) is 21.5 Å². The number of aryl methyl sites for hydroxylation is 2. The van der Waals surface area contributed by atoms with Gasteiger partial charge in [0.15, 0.2) is 5.82 Å². The first-order valence-electron chi connectivity index (χ1n) is 5.95. The Morgan fingerprint density at radius 3 is 2.90 bits per heavy atom. The molecule has 3 aromatic rings. The molecule has 0 radical (unpaired) electrons. The van der Waals surface area contributed by atoms with Gasteiger partial charge in [-0.25, -0.2) is 4.68 Å². The molecule has 20 heavy (non-hydrogen) atoms. The lowest BCUT2D eigenvalue weighted by Gasteiger charge is -2.02. The molecular weight excluding hydrogens is 294 g/mol. The summed E-state index contributed by atoms with van der Waals surface area (Å²) in [6, 6.07) is 3.94. The fourth-order valence-electron chi connectivity index (χ4n) is 1.79. The number of nitrogens with zero attached hydrogens (tertiary/aromatic N) is 4. The Hall–Kier alpha value is -1.80. The highest BCUT2D eigenvalue weighted by atomic mass is 32.2. The molecule has 8 heteroatoms. The Balaban J connectivity index is 1.79. The highest BCUT2D eigenvalue weighted by Crippen LogP contribution is 2.28. The molecule has 0 aliphatic heterocycles. The van der Waals surface area contributed by atoms with Gasteiger partial charge in [0.1, 0.15) is 5.76 Å². The average Bonchev–Trinajstić information content (AvgIpc) is 3.12. The number of hydrogen-bond donors (Lipinski definition) is 1. The summed E-state index contributed by atoms with van der Waals surface area (Å²) < 4.78 is 6.66. The van der Waals surface area contributed by atoms with Crippen LogP contribution in [0.3, 0.4) is 0 Å². The van der Waals surface area contributed by atoms with Crippen LogP contribution >= 0.6 is 23.1 Å². The molecule has 3 rings (SSSR count). The van der Waals surface area contributed by atoms with Crippen LogP contribution < -0.4 is 5.84 Å². The van der Waals surface area contributed by atoms with E-state index in [0.717, 1.165) is 21.9 Å². The van der Waals surface area contributed by atoms with Crippen LogP contribution in [0.1, 0.15) is 17.0 Å². The normalized spacial score (nSPS) is 11.1. The van der Waals surface area contributed by atoms with Crippen LogP contribution in [0, 0.1) is 13.8 Å². The molecule has 0 atom stereocenters. The van der Waals surface area contributed by atoms with E-state index in [4.69, 9.17) is 10.4 Å². The summed E-state index contributed by atoms with van der Waals surface area (Å²) in [5.74, 6) is 8.27. The van der Waals surface area contributed by atoms with Gasteiger partial charge >= 0.3 is 0 Å². The van der Waals surface area contributed by atoms with Crippen LogP contribution in [0.4, 0.5) is 0 Å². The number of thiophene rings is 1. The maximum Gasteiger partial charge on any atom is 0.210 e. The lowest BCUT2D eigenvalue weighted by atomic mass is 10.2. The summed E-state index contributed by atoms with van der Waals surface area (Å²) in [6.07, 6.45) is 0. The van der Waals surface area contributed by atoms with E-state index in [1.165, 1.54) is 16.4 Å². The molecule has 0 aliphatic rings. The molecule has 0 saturated carbocycles. The molecule has 0 saturated heterocycles. The zero-order valence-electron chi connectivity index (χ0n) is 11.0. The minimum atomic E-state index is 0.674. The van der Waals surface area contributed by atoms with E-state index in [1.54, 1.807) is 11.3 Å². The van der Waals surface area contributed by atoms with Crippen molar-refractivity contribution in [3.05, 3.63) is 34.5 Å². The Kier molecular flexibility index (Phi) is 3.49. The molecule has 2 N–H and O–H groups in total. The number of aromatic nitrogens is 4. The molecule has 0 aliphatic carbocycles. The van der Waals surface area contributed by atoms with E-state index in [2.05, 4.69) is 15.4 Å². The van der Waals surface area contributed by atoms with Crippen molar-refractivity contribution in [3.8, 4) is 10.7 Å². The number of nitrogens with two attached hydrogens (primary N) is 1. The maximum absolute atomic E-state index is 6.05. The summed E-state index contributed by atoms with van der Waals surface area (Å²) in [4.78, 5) is 1.00. The van der Waals surface area contributed by atoms with Crippen molar-refractivity contribution in [1.29, 1.82) is 0 Å². The van der Waals surface area contributed by atoms with Crippen molar-refractivity contribution in [3.63, 3.8) is 0 Å². The second-order valence-corrected chi connectivity index (χ2v) is 6.14. The number of hydrogen-bond acceptors (Lipinski definition) is 7. The van der Waals surface area contributed by atoms with E-state index in [1.807, 2.05) is 31.4 Å². The molecule has 3 heterocycles. The summed E-state index contributed by atoms with van der Waals surface area (Å²) in [5, 5.41) is 14.9. The number of nitrogen functional groups attached to an aromatic ring is 1. The summed E-state index contributed by atoms with van der Waals surface area (Å²) in [7, 11) is 0. The lowest BCUT2D eigenvalue weighted by molar-refractivity contribution is 0.392. The van der Waals surface area contributed by atoms with E-state index in [9.17, 15) is 0 Å². The molecule has 0 bridgehead atoms. The largest absolute Gasteiger partial charge is 0.361 e. The molecule has 3 aromatic heterocycles. The van der Waals surface area contributed by atoms with E-state index < -0.39 is 0 Å². The van der Waals surface area contributed by atoms with Crippen LogP contribution in [0.5, 0.6) is 0 Å². The molecule has 0 amide bonds. The third-order valence-corrected chi connectivity index (χ3v) is 4.77. The highest BCUT2D eigenvalue weighted by Gasteiger charge is 2.15. The molecular formula is C12H13N5OS2. The quantitative estimate of drug-likeness (QED) is 0.589. The van der Waals surface area contributed by atoms with Gasteiger partial charge in [0, 0.05) is 11.3 Å². The highest BCUT2D eigenvalue weighted by molar-refractivity contribution is 7.98. The summed E-state index contributed by atoms with van der Waals surface area (Å²) >= 11 is 3.11. The van der Waals surface area contributed by atoms with Crippen molar-refractivity contribution in [2.45, 2.75) is 24.8 Å². The minimum absolute atomic E-state index is 0.674. The second-order valence-electron chi connectivity index (χ2n) is 4.24. The van der Waals surface area contributed by atoms with Crippen molar-refractivity contribution in [2.75, 3.05) is 5.84 Å². The minimum Gasteiger partial charge on any atom is -0.361 e. The summed E-state index contributed by atoms with van der Waals surface area (Å²) in [5.41, 5.74) is 1.98. The first kappa shape index (κ1) is 13.2. The zero-order chi connectivity index (χ0) is 14.1. The van der Waals surface area contributed by atoms with Gasteiger partial charge in [0.25, 0.3) is 0 Å². The maximum atomic E-state index is 6.05. The topological polar surface area (TPSA) is 82.8 Å². The summed E-state index contributed by atoms with van der Waals surface area (Å²) in [6.45, 7) is 3.83. The monoisotopic (exact) mass is 307 g/mol. The molecule has 0 fully saturated rings. The first-order chi connectivity index (χ1) is 9.66. The van der Waals surface area contributed by atoms with Gasteiger partial charge in [-0.2, -0.15) is 0 Å². The molecule has 0 aromatic carbocycles. The van der Waals surface area contributed by atoms with Crippen LogP contribution in [0.2, 0.25) is 0 Å². The fourth-order valence-corrected chi connectivity index (χ4v) is 3.51. The Labute approximate surface area is 124 Å². The van der Waals surface area contributed by atoms with Crippen LogP contribution in [0.15, 0.2) is 27.2 Å². The number of thioether (sulfide) groups is 1. The Morgan fingerprint density at radius 2 is 2.25 bits per heavy atom. The lowest BCUT2D eigenvalue weighted by Crippen LogP contribution is -2.11. The Morgan fingerprint density at radius 1 is 1.40 bits per heavy atom. The van der Waals surface area contributed by atoms with Crippen LogP contribution in [0.25, 0.3) is 10.7 Å². The van der Waals surface area contributed by atoms with Crippen molar-refractivity contribution >= 4 is 23.1 Å². The predicted molar refractivity (Wildman–Crippen MR) is 79.0 cm³/mol. The van der Waals surface area contributed by atoms with Gasteiger partial charge in [-0.3, -0.25) is 0 Å². The third-order valence-electron chi connectivity index (χ3n) is 2.93. The molecule has 104 valence electrons. The number of rotatable bonds is 4. The van der Waals surface area contributed by atoms with Gasteiger partial charge in [-0.1, -0.05) is 23.0 Å². The van der Waals surface area contributed by atoms with Gasteiger partial charge in [0.2, 0.25) is 5.16 Å². The van der Waals surface area contributed by atoms with E-state index in [0.29, 0.717) is 16.7 Å². The second kappa shape index (κ2) is 5.29. The zero-order valence-corrected chi connectivity index (χ0v) is 12.7. The molecule has 0 unspecified atom stereocenters. The van der Waals surface area contributed by atoms with Gasteiger partial charge < -0.3 is 10.4 Å². The first-order valence-corrected chi connectivity index (χ1v) is 7.82. The SMILES string of the molecule is Cc1noc(C)c1CSc1nnc(-c2cccs2)n1N. The Bertz CT molecular complexity index is 697. The van der Waals surface area contributed by atoms with Crippen molar-refractivity contribution < 1.29 is 4.52 Å². The fraction of sp³-hybridized carbons (Fsp3) is 0.250. The van der Waals surface area contributed by atoms with Crippen molar-refractivity contribution in [1.82, 2.24) is 20.0 Å².